The molecular weight excluding hydrogens is 736 g/mol. The summed E-state index contributed by atoms with van der Waals surface area (Å²) < 4.78 is 83.7. The highest BCUT2D eigenvalue weighted by atomic mass is 35.5. The maximum Gasteiger partial charge on any atom is 0.424 e. The topological polar surface area (TPSA) is 114 Å². The third-order valence-electron chi connectivity index (χ3n) is 6.91. The van der Waals surface area contributed by atoms with Gasteiger partial charge in [-0.3, -0.25) is 9.59 Å². The van der Waals surface area contributed by atoms with Crippen molar-refractivity contribution in [1.82, 2.24) is 0 Å². The minimum Gasteiger partial charge on any atom is -0.443 e. The van der Waals surface area contributed by atoms with E-state index in [2.05, 4.69) is 5.32 Å². The lowest BCUT2D eigenvalue weighted by atomic mass is 10.1. The lowest BCUT2D eigenvalue weighted by Gasteiger charge is -2.29. The van der Waals surface area contributed by atoms with Gasteiger partial charge in [0.05, 0.1) is 22.3 Å². The van der Waals surface area contributed by atoms with E-state index < -0.39 is 103 Å². The van der Waals surface area contributed by atoms with E-state index in [1.807, 2.05) is 5.32 Å². The largest absolute Gasteiger partial charge is 0.443 e. The maximum atomic E-state index is 15.9. The summed E-state index contributed by atoms with van der Waals surface area (Å²) in [5, 5.41) is 3.80. The van der Waals surface area contributed by atoms with Crippen molar-refractivity contribution in [3.63, 3.8) is 0 Å². The minimum atomic E-state index is -1.72. The van der Waals surface area contributed by atoms with Crippen LogP contribution in [0.15, 0.2) is 42.5 Å². The number of benzene rings is 3. The van der Waals surface area contributed by atoms with Crippen LogP contribution in [-0.2, 0) is 14.3 Å². The van der Waals surface area contributed by atoms with E-state index >= 15 is 13.2 Å². The second kappa shape index (κ2) is 13.9. The summed E-state index contributed by atoms with van der Waals surface area (Å²) in [4.78, 5) is 52.2. The van der Waals surface area contributed by atoms with Crippen LogP contribution in [0, 0.1) is 35.0 Å². The van der Waals surface area contributed by atoms with Crippen molar-refractivity contribution < 1.29 is 50.6 Å². The summed E-state index contributed by atoms with van der Waals surface area (Å²) in [6, 6.07) is 6.24. The summed E-state index contributed by atoms with van der Waals surface area (Å²) in [5.74, 6) is -11.6. The van der Waals surface area contributed by atoms with Crippen molar-refractivity contribution in [3.05, 3.63) is 87.7 Å². The van der Waals surface area contributed by atoms with Gasteiger partial charge in [-0.15, -0.1) is 23.2 Å². The van der Waals surface area contributed by atoms with Gasteiger partial charge in [-0.1, -0.05) is 17.7 Å². The molecule has 1 fully saturated rings. The average molecular weight is 765 g/mol. The van der Waals surface area contributed by atoms with Gasteiger partial charge in [0.25, 0.3) is 5.91 Å². The van der Waals surface area contributed by atoms with Gasteiger partial charge >= 0.3 is 12.2 Å². The Hall–Kier alpha value is -4.14. The molecule has 50 heavy (non-hydrogen) atoms. The molecule has 0 radical (unpaired) electrons. The molecule has 0 heterocycles. The normalized spacial score (nSPS) is 16.7. The highest BCUT2D eigenvalue weighted by molar-refractivity contribution is 6.53. The fourth-order valence-corrected chi connectivity index (χ4v) is 5.76. The van der Waals surface area contributed by atoms with Crippen LogP contribution in [0.3, 0.4) is 0 Å². The molecule has 1 aliphatic carbocycles. The average Bonchev–Trinajstić information content (AvgIpc) is 3.55. The zero-order chi connectivity index (χ0) is 37.7. The van der Waals surface area contributed by atoms with E-state index in [4.69, 9.17) is 44.3 Å². The van der Waals surface area contributed by atoms with Gasteiger partial charge in [0, 0.05) is 5.92 Å². The Morgan fingerprint density at radius 1 is 0.740 bits per heavy atom. The van der Waals surface area contributed by atoms with Crippen molar-refractivity contribution in [3.8, 4) is 0 Å². The van der Waals surface area contributed by atoms with E-state index in [1.165, 1.54) is 53.7 Å². The van der Waals surface area contributed by atoms with Gasteiger partial charge in [-0.25, -0.2) is 31.5 Å². The number of alkyl halides is 2. The number of halogens is 8. The van der Waals surface area contributed by atoms with Crippen LogP contribution in [0.5, 0.6) is 0 Å². The monoisotopic (exact) mass is 763 g/mol. The molecule has 0 aliphatic heterocycles. The molecule has 0 spiro atoms. The fourth-order valence-electron chi connectivity index (χ4n) is 4.74. The molecule has 1 saturated carbocycles. The number of imide groups is 1. The number of amides is 4. The first-order valence-electron chi connectivity index (χ1n) is 14.6. The van der Waals surface area contributed by atoms with Gasteiger partial charge in [-0.2, -0.15) is 4.90 Å². The van der Waals surface area contributed by atoms with Crippen molar-refractivity contribution >= 4 is 75.9 Å². The van der Waals surface area contributed by atoms with E-state index in [-0.39, 0.29) is 9.92 Å². The number of rotatable bonds is 6. The summed E-state index contributed by atoms with van der Waals surface area (Å²) in [6.45, 7) is 8.54. The number of hydrogen-bond donors (Lipinski definition) is 2. The number of nitrogens with zero attached hydrogens (tertiary/aromatic N) is 1. The first kappa shape index (κ1) is 38.7. The summed E-state index contributed by atoms with van der Waals surface area (Å²) in [7, 11) is 0. The SMILES string of the molecule is CC(C)(C)OC(=O)N(C(=O)OC(C)(C)C)c1c(F)ccc(NC(=O)c2c(F)ccc(NC(=O)C3C(c4ccc(F)c(Cl)c4)C3(Cl)Cl)c2F)c1F. The van der Waals surface area contributed by atoms with Crippen LogP contribution in [0.1, 0.15) is 63.4 Å². The fraction of sp³-hybridized carbons (Fsp3) is 0.333. The lowest BCUT2D eigenvalue weighted by molar-refractivity contribution is -0.117. The Morgan fingerprint density at radius 2 is 1.24 bits per heavy atom. The number of hydrogen-bond acceptors (Lipinski definition) is 6. The second-order valence-corrected chi connectivity index (χ2v) is 14.9. The Labute approximate surface area is 297 Å². The van der Waals surface area contributed by atoms with Crippen LogP contribution in [0.25, 0.3) is 0 Å². The van der Waals surface area contributed by atoms with Crippen LogP contribution in [0.2, 0.25) is 5.02 Å². The molecule has 268 valence electrons. The molecule has 2 atom stereocenters. The van der Waals surface area contributed by atoms with Gasteiger partial charge in [0.2, 0.25) is 5.91 Å². The molecule has 2 N–H and O–H groups in total. The van der Waals surface area contributed by atoms with Crippen LogP contribution < -0.4 is 15.5 Å². The molecular formula is C33H29Cl3F5N3O6. The predicted molar refractivity (Wildman–Crippen MR) is 176 cm³/mol. The first-order valence-corrected chi connectivity index (χ1v) is 15.7. The standard InChI is InChI=1S/C33H29Cl3F5N3O6/c1-31(2,3)49-29(47)44(30(48)50-32(4,5)6)26-18(39)10-12-20(25(26)41)42-27(45)21-17(38)9-11-19(24(21)40)43-28(46)23-22(33(23,35)36)14-7-8-16(37)15(34)13-14/h7-13,22-23H,1-6H3,(H,42,45)(H,43,46). The van der Waals surface area contributed by atoms with Gasteiger partial charge in [0.1, 0.15) is 38.4 Å². The molecule has 0 bridgehead atoms. The second-order valence-electron chi connectivity index (χ2n) is 13.1. The van der Waals surface area contributed by atoms with Crippen LogP contribution in [-0.4, -0.2) is 39.5 Å². The first-order chi connectivity index (χ1) is 22.9. The quantitative estimate of drug-likeness (QED) is 0.191. The Balaban J connectivity index is 1.64. The Kier molecular flexibility index (Phi) is 10.7. The molecule has 0 saturated heterocycles. The third-order valence-corrected chi connectivity index (χ3v) is 8.14. The van der Waals surface area contributed by atoms with E-state index in [0.29, 0.717) is 23.8 Å². The number of carbonyl (C=O) groups is 4. The molecule has 0 aromatic heterocycles. The molecule has 4 rings (SSSR count). The number of nitrogens with one attached hydrogen (secondary N) is 2. The van der Waals surface area contributed by atoms with Crippen LogP contribution >= 0.6 is 34.8 Å². The van der Waals surface area contributed by atoms with Gasteiger partial charge in [-0.05, 0) is 83.5 Å². The van der Waals surface area contributed by atoms with Crippen LogP contribution in [0.4, 0.5) is 48.6 Å². The third kappa shape index (κ3) is 8.24. The van der Waals surface area contributed by atoms with Crippen molar-refractivity contribution in [2.45, 2.75) is 63.0 Å². The highest BCUT2D eigenvalue weighted by Crippen LogP contribution is 2.65. The molecule has 17 heteroatoms. The molecule has 9 nitrogen and oxygen atoms in total. The lowest BCUT2D eigenvalue weighted by Crippen LogP contribution is -2.44. The molecule has 3 aromatic rings. The van der Waals surface area contributed by atoms with E-state index in [1.54, 1.807) is 0 Å². The van der Waals surface area contributed by atoms with Crippen molar-refractivity contribution in [2.75, 3.05) is 15.5 Å². The van der Waals surface area contributed by atoms with Crippen molar-refractivity contribution in [2.24, 2.45) is 5.92 Å². The number of ether oxygens (including phenoxy) is 2. The van der Waals surface area contributed by atoms with E-state index in [0.717, 1.165) is 12.1 Å². The molecule has 1 aliphatic rings. The summed E-state index contributed by atoms with van der Waals surface area (Å²) >= 11 is 18.4. The predicted octanol–water partition coefficient (Wildman–Crippen LogP) is 9.49. The van der Waals surface area contributed by atoms with E-state index in [9.17, 15) is 28.0 Å². The summed E-state index contributed by atoms with van der Waals surface area (Å²) in [5.41, 5.74) is -6.41. The zero-order valence-corrected chi connectivity index (χ0v) is 29.4. The zero-order valence-electron chi connectivity index (χ0n) is 27.1. The molecule has 2 unspecified atom stereocenters. The number of anilines is 3. The Bertz CT molecular complexity index is 1870. The smallest absolute Gasteiger partial charge is 0.424 e. The van der Waals surface area contributed by atoms with Crippen molar-refractivity contribution in [1.29, 1.82) is 0 Å². The molecule has 4 amide bonds. The maximum absolute atomic E-state index is 15.9. The van der Waals surface area contributed by atoms with Gasteiger partial charge in [0.15, 0.2) is 17.5 Å². The van der Waals surface area contributed by atoms with Gasteiger partial charge < -0.3 is 20.1 Å². The minimum absolute atomic E-state index is 0.0625. The highest BCUT2D eigenvalue weighted by Gasteiger charge is 2.67. The Morgan fingerprint density at radius 3 is 1.76 bits per heavy atom. The summed E-state index contributed by atoms with van der Waals surface area (Å²) in [6.07, 6.45) is -3.07. The number of carbonyl (C=O) groups excluding carboxylic acids is 4. The molecule has 3 aromatic carbocycles.